The second-order valence-electron chi connectivity index (χ2n) is 1.53. The molecule has 0 rings (SSSR count). The van der Waals surface area contributed by atoms with E-state index in [2.05, 4.69) is 0 Å². The van der Waals surface area contributed by atoms with Crippen LogP contribution in [0.3, 0.4) is 0 Å². The maximum atomic E-state index is 9.63. The van der Waals surface area contributed by atoms with Crippen LogP contribution in [0.2, 0.25) is 0 Å². The second-order valence-corrected chi connectivity index (χ2v) is 1.53. The Morgan fingerprint density at radius 2 is 1.18 bits per heavy atom. The molecule has 2 unspecified atom stereocenters. The minimum Gasteiger partial charge on any atom is -0.547 e. The van der Waals surface area contributed by atoms with Crippen LogP contribution in [0.4, 0.5) is 0 Å². The molecule has 0 bridgehead atoms. The van der Waals surface area contributed by atoms with E-state index in [9.17, 15) is 19.8 Å². The van der Waals surface area contributed by atoms with E-state index in [0.29, 0.717) is 0 Å². The number of hydrogen-bond acceptors (Lipinski definition) is 6. The Kier molecular flexibility index (Phi) is 6.11. The molecule has 6 nitrogen and oxygen atoms in total. The van der Waals surface area contributed by atoms with Crippen LogP contribution in [-0.2, 0) is 28.1 Å². The third-order valence-corrected chi connectivity index (χ3v) is 0.782. The predicted octanol–water partition coefficient (Wildman–Crippen LogP) is -4.79. The van der Waals surface area contributed by atoms with E-state index in [1.807, 2.05) is 0 Å². The van der Waals surface area contributed by atoms with E-state index >= 15 is 0 Å². The van der Waals surface area contributed by atoms with Crippen molar-refractivity contribution in [3.63, 3.8) is 0 Å². The summed E-state index contributed by atoms with van der Waals surface area (Å²) in [7, 11) is 0. The molecule has 61 valence electrons. The van der Waals surface area contributed by atoms with Crippen molar-refractivity contribution in [1.29, 1.82) is 0 Å². The van der Waals surface area contributed by atoms with Gasteiger partial charge in [0.05, 0.1) is 11.9 Å². The Hall–Kier alpha value is -0.556. The first kappa shape index (κ1) is 13.1. The largest absolute Gasteiger partial charge is 2.00 e. The molecule has 0 spiro atoms. The number of aliphatic carboxylic acids is 2. The summed E-state index contributed by atoms with van der Waals surface area (Å²) in [6.45, 7) is 0. The summed E-state index contributed by atoms with van der Waals surface area (Å²) < 4.78 is 0. The van der Waals surface area contributed by atoms with Crippen LogP contribution in [0.1, 0.15) is 0 Å². The van der Waals surface area contributed by atoms with E-state index in [4.69, 9.17) is 10.2 Å². The smallest absolute Gasteiger partial charge is 0.547 e. The maximum Gasteiger partial charge on any atom is 2.00 e. The molecule has 11 heavy (non-hydrogen) atoms. The van der Waals surface area contributed by atoms with Gasteiger partial charge in [-0.15, -0.1) is 0 Å². The Morgan fingerprint density at radius 3 is 1.27 bits per heavy atom. The summed E-state index contributed by atoms with van der Waals surface area (Å²) in [4.78, 5) is 19.3. The van der Waals surface area contributed by atoms with Gasteiger partial charge in [0.2, 0.25) is 0 Å². The molecule has 0 saturated heterocycles. The topological polar surface area (TPSA) is 121 Å². The monoisotopic (exact) mass is 199 g/mol. The van der Waals surface area contributed by atoms with E-state index in [1.165, 1.54) is 0 Å². The van der Waals surface area contributed by atoms with Crippen LogP contribution in [0.15, 0.2) is 0 Å². The van der Waals surface area contributed by atoms with Crippen LogP contribution in [-0.4, -0.2) is 34.4 Å². The summed E-state index contributed by atoms with van der Waals surface area (Å²) in [5, 5.41) is 35.7. The predicted molar refractivity (Wildman–Crippen MR) is 22.0 cm³/mol. The Balaban J connectivity index is 0. The zero-order chi connectivity index (χ0) is 8.31. The van der Waals surface area contributed by atoms with E-state index < -0.39 is 24.1 Å². The zero-order valence-electron chi connectivity index (χ0n) is 5.13. The van der Waals surface area contributed by atoms with Gasteiger partial charge in [-0.05, 0) is 0 Å². The van der Waals surface area contributed by atoms with Gasteiger partial charge in [-0.2, -0.15) is 0 Å². The van der Waals surface area contributed by atoms with Gasteiger partial charge in [0.15, 0.2) is 0 Å². The van der Waals surface area contributed by atoms with Crippen molar-refractivity contribution >= 4 is 11.9 Å². The molecule has 1 radical (unpaired) electrons. The van der Waals surface area contributed by atoms with Crippen LogP contribution in [0.25, 0.3) is 0 Å². The van der Waals surface area contributed by atoms with Gasteiger partial charge in [-0.25, -0.2) is 0 Å². The fourth-order valence-electron chi connectivity index (χ4n) is 0.258. The van der Waals surface area contributed by atoms with Crippen molar-refractivity contribution in [2.75, 3.05) is 0 Å². The molecule has 0 saturated carbocycles. The summed E-state index contributed by atoms with van der Waals surface area (Å²) in [6, 6.07) is 0. The average molecular weight is 199 g/mol. The van der Waals surface area contributed by atoms with Gasteiger partial charge in [0, 0.05) is 0 Å². The molecule has 0 aliphatic heterocycles. The van der Waals surface area contributed by atoms with Crippen molar-refractivity contribution in [3.8, 4) is 0 Å². The van der Waals surface area contributed by atoms with E-state index in [0.717, 1.165) is 0 Å². The zero-order valence-corrected chi connectivity index (χ0v) is 6.53. The standard InChI is InChI=1S/C4H6O6.V/c5-1(3(7)8)2(6)4(9)10;/h1-2,5-6H,(H,7,8)(H,9,10);/q;+2/p-2. The van der Waals surface area contributed by atoms with Gasteiger partial charge in [-0.1, -0.05) is 0 Å². The van der Waals surface area contributed by atoms with Crippen molar-refractivity contribution in [2.45, 2.75) is 12.2 Å². The number of rotatable bonds is 3. The quantitative estimate of drug-likeness (QED) is 0.470. The number of hydrogen-bond donors (Lipinski definition) is 2. The third-order valence-electron chi connectivity index (χ3n) is 0.782. The van der Waals surface area contributed by atoms with E-state index in [1.54, 1.807) is 0 Å². The van der Waals surface area contributed by atoms with Crippen molar-refractivity contribution in [1.82, 2.24) is 0 Å². The molecular weight excluding hydrogens is 195 g/mol. The van der Waals surface area contributed by atoms with Crippen LogP contribution < -0.4 is 10.2 Å². The molecule has 0 aromatic carbocycles. The van der Waals surface area contributed by atoms with Gasteiger partial charge >= 0.3 is 18.6 Å². The fraction of sp³-hybridized carbons (Fsp3) is 0.500. The van der Waals surface area contributed by atoms with Crippen molar-refractivity contribution in [3.05, 3.63) is 0 Å². The molecular formula is C4H4O6V. The van der Waals surface area contributed by atoms with Crippen LogP contribution in [0.5, 0.6) is 0 Å². The third kappa shape index (κ3) is 4.00. The first-order valence-electron chi connectivity index (χ1n) is 2.24. The molecule has 0 aliphatic rings. The first-order valence-corrected chi connectivity index (χ1v) is 2.24. The SMILES string of the molecule is O=C([O-])C(O)C(O)C(=O)[O-].[V+2]. The molecule has 2 N–H and O–H groups in total. The number of aliphatic hydroxyl groups is 2. The minimum absolute atomic E-state index is 0. The maximum absolute atomic E-state index is 9.63. The normalized spacial score (nSPS) is 14.4. The number of carboxylic acid groups (broad SMARTS) is 2. The molecule has 0 amide bonds. The summed E-state index contributed by atoms with van der Waals surface area (Å²) >= 11 is 0. The Morgan fingerprint density at radius 1 is 1.00 bits per heavy atom. The molecule has 0 heterocycles. The van der Waals surface area contributed by atoms with Crippen LogP contribution in [0, 0.1) is 0 Å². The van der Waals surface area contributed by atoms with Gasteiger partial charge < -0.3 is 30.0 Å². The Bertz CT molecular complexity index is 139. The summed E-state index contributed by atoms with van der Waals surface area (Å²) in [6.07, 6.45) is -4.88. The van der Waals surface area contributed by atoms with E-state index in [-0.39, 0.29) is 18.6 Å². The van der Waals surface area contributed by atoms with Gasteiger partial charge in [0.1, 0.15) is 12.2 Å². The van der Waals surface area contributed by atoms with Crippen molar-refractivity contribution in [2.24, 2.45) is 0 Å². The summed E-state index contributed by atoms with van der Waals surface area (Å²) in [5.41, 5.74) is 0. The molecule has 0 aromatic rings. The Labute approximate surface area is 73.3 Å². The van der Waals surface area contributed by atoms with Crippen LogP contribution >= 0.6 is 0 Å². The molecule has 0 aromatic heterocycles. The van der Waals surface area contributed by atoms with Gasteiger partial charge in [0.25, 0.3) is 0 Å². The second kappa shape index (κ2) is 5.14. The summed E-state index contributed by atoms with van der Waals surface area (Å²) in [5.74, 6) is -4.12. The number of aliphatic hydroxyl groups excluding tert-OH is 2. The molecule has 7 heteroatoms. The fourth-order valence-corrected chi connectivity index (χ4v) is 0.258. The average Bonchev–Trinajstić information content (AvgIpc) is 1.84. The number of carbonyl (C=O) groups is 2. The molecule has 0 fully saturated rings. The number of carboxylic acids is 2. The molecule has 2 atom stereocenters. The van der Waals surface area contributed by atoms with Crippen molar-refractivity contribution < 1.29 is 48.6 Å². The minimum atomic E-state index is -2.44. The first-order chi connectivity index (χ1) is 4.46. The number of carbonyl (C=O) groups excluding carboxylic acids is 2. The van der Waals surface area contributed by atoms with Gasteiger partial charge in [-0.3, -0.25) is 0 Å². The molecule has 0 aliphatic carbocycles.